The first kappa shape index (κ1) is 23.7. The Hall–Kier alpha value is -3.40. The Bertz CT molecular complexity index is 1390. The van der Waals surface area contributed by atoms with Crippen molar-refractivity contribution in [2.45, 2.75) is 24.6 Å². The lowest BCUT2D eigenvalue weighted by atomic mass is 9.93. The van der Waals surface area contributed by atoms with Gasteiger partial charge in [0.05, 0.1) is 35.1 Å². The summed E-state index contributed by atoms with van der Waals surface area (Å²) in [5.41, 5.74) is 5.08. The van der Waals surface area contributed by atoms with Crippen LogP contribution in [0.3, 0.4) is 0 Å². The third kappa shape index (κ3) is 4.91. The lowest BCUT2D eigenvalue weighted by molar-refractivity contribution is -0.137. The van der Waals surface area contributed by atoms with E-state index in [0.717, 1.165) is 17.7 Å². The van der Waals surface area contributed by atoms with Crippen LogP contribution in [-0.2, 0) is 12.6 Å². The molecule has 0 saturated heterocycles. The SMILES string of the molecule is NC(CO)(CO)CCc1ccc2oc3ccc(Oc4cccc(C(F)(F)F)c4)cc3c(=O)c2c1. The fourth-order valence-electron chi connectivity index (χ4n) is 3.58. The summed E-state index contributed by atoms with van der Waals surface area (Å²) in [6, 6.07) is 14.0. The van der Waals surface area contributed by atoms with E-state index in [9.17, 15) is 28.2 Å². The van der Waals surface area contributed by atoms with Gasteiger partial charge in [0.1, 0.15) is 22.7 Å². The number of ether oxygens (including phenoxy) is 1. The highest BCUT2D eigenvalue weighted by Crippen LogP contribution is 2.33. The van der Waals surface area contributed by atoms with Crippen LogP contribution in [0.15, 0.2) is 69.9 Å². The molecule has 6 nitrogen and oxygen atoms in total. The largest absolute Gasteiger partial charge is 0.457 e. The average Bonchev–Trinajstić information content (AvgIpc) is 2.83. The number of alkyl halides is 3. The van der Waals surface area contributed by atoms with E-state index in [1.807, 2.05) is 0 Å². The van der Waals surface area contributed by atoms with Gasteiger partial charge >= 0.3 is 6.18 Å². The van der Waals surface area contributed by atoms with Crippen LogP contribution in [-0.4, -0.2) is 29.0 Å². The van der Waals surface area contributed by atoms with Gasteiger partial charge in [-0.25, -0.2) is 0 Å². The highest BCUT2D eigenvalue weighted by Gasteiger charge is 2.30. The molecule has 4 rings (SSSR count). The lowest BCUT2D eigenvalue weighted by Crippen LogP contribution is -2.47. The fourth-order valence-corrected chi connectivity index (χ4v) is 3.58. The van der Waals surface area contributed by atoms with Crippen LogP contribution in [0.2, 0.25) is 0 Å². The monoisotopic (exact) mass is 473 g/mol. The molecule has 0 spiro atoms. The molecule has 178 valence electrons. The van der Waals surface area contributed by atoms with E-state index in [1.54, 1.807) is 18.2 Å². The van der Waals surface area contributed by atoms with Gasteiger partial charge in [-0.3, -0.25) is 4.79 Å². The Morgan fingerprint density at radius 2 is 1.53 bits per heavy atom. The standard InChI is InChI=1S/C25H22F3NO5/c26-25(27,28)16-2-1-3-17(11-16)33-18-5-7-22-20(12-18)23(32)19-10-15(4-6-21(19)34-22)8-9-24(29,13-30)14-31/h1-7,10-12,30-31H,8-9,13-14,29H2. The fraction of sp³-hybridized carbons (Fsp3) is 0.240. The maximum Gasteiger partial charge on any atom is 0.416 e. The summed E-state index contributed by atoms with van der Waals surface area (Å²) >= 11 is 0. The van der Waals surface area contributed by atoms with Crippen molar-refractivity contribution in [1.82, 2.24) is 0 Å². The Kier molecular flexibility index (Phi) is 6.35. The van der Waals surface area contributed by atoms with E-state index in [-0.39, 0.29) is 35.5 Å². The van der Waals surface area contributed by atoms with Crippen molar-refractivity contribution < 1.29 is 32.5 Å². The molecule has 0 aliphatic carbocycles. The highest BCUT2D eigenvalue weighted by atomic mass is 19.4. The molecule has 0 unspecified atom stereocenters. The Balaban J connectivity index is 1.67. The molecule has 0 aliphatic rings. The molecule has 4 aromatic rings. The van der Waals surface area contributed by atoms with Crippen LogP contribution in [0.25, 0.3) is 21.9 Å². The first-order valence-electron chi connectivity index (χ1n) is 10.5. The number of hydrogen-bond donors (Lipinski definition) is 3. The molecule has 0 bridgehead atoms. The van der Waals surface area contributed by atoms with Gasteiger partial charge in [0, 0.05) is 0 Å². The van der Waals surface area contributed by atoms with Crippen molar-refractivity contribution in [2.75, 3.05) is 13.2 Å². The third-order valence-corrected chi connectivity index (χ3v) is 5.64. The van der Waals surface area contributed by atoms with Crippen LogP contribution in [0.5, 0.6) is 11.5 Å². The topological polar surface area (TPSA) is 106 Å². The first-order chi connectivity index (χ1) is 16.1. The second-order valence-electron chi connectivity index (χ2n) is 8.23. The van der Waals surface area contributed by atoms with E-state index in [1.165, 1.54) is 30.3 Å². The maximum absolute atomic E-state index is 13.2. The second-order valence-corrected chi connectivity index (χ2v) is 8.23. The van der Waals surface area contributed by atoms with Crippen LogP contribution in [0.4, 0.5) is 13.2 Å². The molecule has 34 heavy (non-hydrogen) atoms. The molecule has 9 heteroatoms. The molecule has 0 fully saturated rings. The van der Waals surface area contributed by atoms with E-state index >= 15 is 0 Å². The molecule has 0 radical (unpaired) electrons. The van der Waals surface area contributed by atoms with Crippen LogP contribution in [0, 0.1) is 0 Å². The van der Waals surface area contributed by atoms with Crippen LogP contribution in [0.1, 0.15) is 17.5 Å². The van der Waals surface area contributed by atoms with Crippen molar-refractivity contribution in [1.29, 1.82) is 0 Å². The number of rotatable bonds is 7. The number of halogens is 3. The van der Waals surface area contributed by atoms with Crippen LogP contribution < -0.4 is 15.9 Å². The predicted molar refractivity (Wildman–Crippen MR) is 121 cm³/mol. The van der Waals surface area contributed by atoms with Gasteiger partial charge in [-0.1, -0.05) is 12.1 Å². The molecule has 0 aliphatic heterocycles. The van der Waals surface area contributed by atoms with Crippen molar-refractivity contribution in [3.8, 4) is 11.5 Å². The van der Waals surface area contributed by atoms with Gasteiger partial charge in [-0.2, -0.15) is 13.2 Å². The summed E-state index contributed by atoms with van der Waals surface area (Å²) in [7, 11) is 0. The number of aryl methyl sites for hydroxylation is 1. The number of fused-ring (bicyclic) bond motifs is 2. The minimum atomic E-state index is -4.50. The molecule has 3 aromatic carbocycles. The van der Waals surface area contributed by atoms with E-state index in [2.05, 4.69) is 0 Å². The first-order valence-corrected chi connectivity index (χ1v) is 10.5. The van der Waals surface area contributed by atoms with Crippen molar-refractivity contribution in [2.24, 2.45) is 5.73 Å². The normalized spacial score (nSPS) is 12.4. The number of hydrogen-bond acceptors (Lipinski definition) is 6. The Morgan fingerprint density at radius 1 is 0.882 bits per heavy atom. The minimum Gasteiger partial charge on any atom is -0.457 e. The van der Waals surface area contributed by atoms with Crippen molar-refractivity contribution in [3.05, 3.63) is 82.0 Å². The van der Waals surface area contributed by atoms with E-state index in [4.69, 9.17) is 14.9 Å². The Morgan fingerprint density at radius 3 is 2.21 bits per heavy atom. The molecule has 1 aromatic heterocycles. The van der Waals surface area contributed by atoms with Gasteiger partial charge in [0.15, 0.2) is 0 Å². The summed E-state index contributed by atoms with van der Waals surface area (Å²) in [6.07, 6.45) is -3.78. The highest BCUT2D eigenvalue weighted by molar-refractivity contribution is 5.90. The number of aliphatic hydroxyl groups is 2. The molecule has 0 amide bonds. The quantitative estimate of drug-likeness (QED) is 0.344. The van der Waals surface area contributed by atoms with Gasteiger partial charge in [-0.15, -0.1) is 0 Å². The molecule has 0 saturated carbocycles. The van der Waals surface area contributed by atoms with Crippen molar-refractivity contribution >= 4 is 21.9 Å². The lowest BCUT2D eigenvalue weighted by Gasteiger charge is -2.24. The maximum atomic E-state index is 13.2. The predicted octanol–water partition coefficient (Wildman–Crippen LogP) is 4.37. The summed E-state index contributed by atoms with van der Waals surface area (Å²) < 4.78 is 50.3. The molecular formula is C25H22F3NO5. The number of nitrogens with two attached hydrogens (primary N) is 1. The van der Waals surface area contributed by atoms with Gasteiger partial charge < -0.3 is 25.1 Å². The number of benzene rings is 3. The molecule has 0 atom stereocenters. The van der Waals surface area contributed by atoms with E-state index < -0.39 is 17.3 Å². The number of aliphatic hydroxyl groups excluding tert-OH is 2. The smallest absolute Gasteiger partial charge is 0.416 e. The summed E-state index contributed by atoms with van der Waals surface area (Å²) in [4.78, 5) is 13.2. The van der Waals surface area contributed by atoms with Gasteiger partial charge in [0.25, 0.3) is 0 Å². The second kappa shape index (κ2) is 9.09. The molecule has 4 N–H and O–H groups in total. The minimum absolute atomic E-state index is 0.0142. The summed E-state index contributed by atoms with van der Waals surface area (Å²) in [5, 5.41) is 19.3. The summed E-state index contributed by atoms with van der Waals surface area (Å²) in [6.45, 7) is -0.753. The zero-order valence-electron chi connectivity index (χ0n) is 17.9. The Labute approximate surface area is 192 Å². The molecular weight excluding hydrogens is 451 g/mol. The summed E-state index contributed by atoms with van der Waals surface area (Å²) in [5.74, 6) is 0.174. The molecule has 1 heterocycles. The van der Waals surface area contributed by atoms with Gasteiger partial charge in [0.2, 0.25) is 5.43 Å². The zero-order valence-corrected chi connectivity index (χ0v) is 17.9. The zero-order chi connectivity index (χ0) is 24.5. The van der Waals surface area contributed by atoms with E-state index in [0.29, 0.717) is 29.4 Å². The average molecular weight is 473 g/mol. The third-order valence-electron chi connectivity index (χ3n) is 5.64. The van der Waals surface area contributed by atoms with Crippen molar-refractivity contribution in [3.63, 3.8) is 0 Å². The van der Waals surface area contributed by atoms with Crippen LogP contribution >= 0.6 is 0 Å². The van der Waals surface area contributed by atoms with Gasteiger partial charge in [-0.05, 0) is 66.9 Å².